The third-order valence-electron chi connectivity index (χ3n) is 3.29. The predicted molar refractivity (Wildman–Crippen MR) is 59.3 cm³/mol. The third kappa shape index (κ3) is 2.38. The Morgan fingerprint density at radius 3 is 2.36 bits per heavy atom. The molecule has 0 amide bonds. The van der Waals surface area contributed by atoms with E-state index in [0.717, 1.165) is 5.92 Å². The maximum Gasteiger partial charge on any atom is 0.0248 e. The SMILES string of the molecule is CCN1CCC(Cn2cccc2)CC1. The molecule has 1 aromatic heterocycles. The van der Waals surface area contributed by atoms with E-state index in [9.17, 15) is 0 Å². The van der Waals surface area contributed by atoms with E-state index in [1.54, 1.807) is 0 Å². The Bertz CT molecular complexity index is 245. The highest BCUT2D eigenvalue weighted by Gasteiger charge is 2.17. The summed E-state index contributed by atoms with van der Waals surface area (Å²) in [6.07, 6.45) is 7.08. The second-order valence-corrected chi connectivity index (χ2v) is 4.26. The van der Waals surface area contributed by atoms with Gasteiger partial charge in [0.1, 0.15) is 0 Å². The van der Waals surface area contributed by atoms with Gasteiger partial charge in [-0.05, 0) is 50.5 Å². The van der Waals surface area contributed by atoms with Gasteiger partial charge < -0.3 is 9.47 Å². The van der Waals surface area contributed by atoms with Crippen molar-refractivity contribution in [3.63, 3.8) is 0 Å². The first-order chi connectivity index (χ1) is 6.88. The summed E-state index contributed by atoms with van der Waals surface area (Å²) >= 11 is 0. The van der Waals surface area contributed by atoms with Crippen LogP contribution in [0.25, 0.3) is 0 Å². The van der Waals surface area contributed by atoms with E-state index in [4.69, 9.17) is 0 Å². The number of likely N-dealkylation sites (tertiary alicyclic amines) is 1. The molecular formula is C12H20N2. The molecule has 0 atom stereocenters. The van der Waals surface area contributed by atoms with Crippen LogP contribution in [-0.4, -0.2) is 29.1 Å². The van der Waals surface area contributed by atoms with E-state index in [2.05, 4.69) is 40.9 Å². The zero-order valence-corrected chi connectivity index (χ0v) is 9.02. The molecule has 0 aliphatic carbocycles. The van der Waals surface area contributed by atoms with Crippen LogP contribution >= 0.6 is 0 Å². The normalized spacial score (nSPS) is 20.1. The van der Waals surface area contributed by atoms with Gasteiger partial charge in [-0.15, -0.1) is 0 Å². The molecule has 0 saturated carbocycles. The Balaban J connectivity index is 1.79. The van der Waals surface area contributed by atoms with E-state index < -0.39 is 0 Å². The molecule has 0 spiro atoms. The van der Waals surface area contributed by atoms with Gasteiger partial charge in [-0.1, -0.05) is 6.92 Å². The molecule has 2 rings (SSSR count). The highest BCUT2D eigenvalue weighted by Crippen LogP contribution is 2.18. The lowest BCUT2D eigenvalue weighted by molar-refractivity contribution is 0.181. The Hall–Kier alpha value is -0.760. The molecule has 2 heterocycles. The average Bonchev–Trinajstić information content (AvgIpc) is 2.72. The van der Waals surface area contributed by atoms with Crippen molar-refractivity contribution < 1.29 is 0 Å². The lowest BCUT2D eigenvalue weighted by atomic mass is 9.97. The number of piperidine rings is 1. The second-order valence-electron chi connectivity index (χ2n) is 4.26. The smallest absolute Gasteiger partial charge is 0.0248 e. The van der Waals surface area contributed by atoms with Gasteiger partial charge in [0.2, 0.25) is 0 Å². The minimum absolute atomic E-state index is 0.894. The van der Waals surface area contributed by atoms with Gasteiger partial charge in [-0.3, -0.25) is 0 Å². The predicted octanol–water partition coefficient (Wildman–Crippen LogP) is 2.22. The van der Waals surface area contributed by atoms with E-state index >= 15 is 0 Å². The highest BCUT2D eigenvalue weighted by molar-refractivity contribution is 4.91. The van der Waals surface area contributed by atoms with Crippen LogP contribution < -0.4 is 0 Å². The lowest BCUT2D eigenvalue weighted by Gasteiger charge is -2.31. The molecule has 1 aromatic rings. The van der Waals surface area contributed by atoms with Crippen LogP contribution in [0.3, 0.4) is 0 Å². The summed E-state index contributed by atoms with van der Waals surface area (Å²) in [6.45, 7) is 7.28. The molecule has 14 heavy (non-hydrogen) atoms. The standard InChI is InChI=1S/C12H20N2/c1-2-13-9-5-12(6-10-13)11-14-7-3-4-8-14/h3-4,7-8,12H,2,5-6,9-11H2,1H3. The molecule has 1 aliphatic heterocycles. The molecule has 2 nitrogen and oxygen atoms in total. The molecule has 0 radical (unpaired) electrons. The first-order valence-electron chi connectivity index (χ1n) is 5.71. The molecular weight excluding hydrogens is 172 g/mol. The monoisotopic (exact) mass is 192 g/mol. The van der Waals surface area contributed by atoms with Crippen LogP contribution in [0.5, 0.6) is 0 Å². The van der Waals surface area contributed by atoms with E-state index in [1.807, 2.05) is 0 Å². The topological polar surface area (TPSA) is 8.17 Å². The van der Waals surface area contributed by atoms with Gasteiger partial charge in [-0.2, -0.15) is 0 Å². The van der Waals surface area contributed by atoms with Crippen molar-refractivity contribution in [3.05, 3.63) is 24.5 Å². The van der Waals surface area contributed by atoms with E-state index in [1.165, 1.54) is 39.0 Å². The molecule has 0 unspecified atom stereocenters. The maximum atomic E-state index is 2.55. The van der Waals surface area contributed by atoms with Crippen LogP contribution in [-0.2, 0) is 6.54 Å². The summed E-state index contributed by atoms with van der Waals surface area (Å²) < 4.78 is 2.31. The Kier molecular flexibility index (Phi) is 3.25. The van der Waals surface area contributed by atoms with Crippen molar-refractivity contribution in [3.8, 4) is 0 Å². The van der Waals surface area contributed by atoms with Gasteiger partial charge in [0.05, 0.1) is 0 Å². The van der Waals surface area contributed by atoms with Crippen LogP contribution in [0.1, 0.15) is 19.8 Å². The number of rotatable bonds is 3. The minimum atomic E-state index is 0.894. The first-order valence-corrected chi connectivity index (χ1v) is 5.71. The minimum Gasteiger partial charge on any atom is -0.354 e. The Morgan fingerprint density at radius 1 is 1.14 bits per heavy atom. The average molecular weight is 192 g/mol. The largest absolute Gasteiger partial charge is 0.354 e. The van der Waals surface area contributed by atoms with Crippen molar-refractivity contribution in [1.29, 1.82) is 0 Å². The maximum absolute atomic E-state index is 2.55. The molecule has 1 saturated heterocycles. The summed E-state index contributed by atoms with van der Waals surface area (Å²) in [7, 11) is 0. The van der Waals surface area contributed by atoms with Crippen LogP contribution in [0.2, 0.25) is 0 Å². The van der Waals surface area contributed by atoms with Gasteiger partial charge in [0.25, 0.3) is 0 Å². The molecule has 0 N–H and O–H groups in total. The van der Waals surface area contributed by atoms with E-state index in [-0.39, 0.29) is 0 Å². The fraction of sp³-hybridized carbons (Fsp3) is 0.667. The fourth-order valence-electron chi connectivity index (χ4n) is 2.28. The number of hydrogen-bond acceptors (Lipinski definition) is 1. The van der Waals surface area contributed by atoms with Crippen molar-refractivity contribution in [2.75, 3.05) is 19.6 Å². The van der Waals surface area contributed by atoms with Crippen LogP contribution in [0.4, 0.5) is 0 Å². The van der Waals surface area contributed by atoms with Crippen molar-refractivity contribution in [2.24, 2.45) is 5.92 Å². The first kappa shape index (κ1) is 9.78. The fourth-order valence-corrected chi connectivity index (χ4v) is 2.28. The summed E-state index contributed by atoms with van der Waals surface area (Å²) in [6, 6.07) is 4.22. The highest BCUT2D eigenvalue weighted by atomic mass is 15.1. The quantitative estimate of drug-likeness (QED) is 0.713. The van der Waals surface area contributed by atoms with Gasteiger partial charge in [0.15, 0.2) is 0 Å². The van der Waals surface area contributed by atoms with Crippen molar-refractivity contribution in [1.82, 2.24) is 9.47 Å². The van der Waals surface area contributed by atoms with Crippen LogP contribution in [0.15, 0.2) is 24.5 Å². The van der Waals surface area contributed by atoms with Crippen LogP contribution in [0, 0.1) is 5.92 Å². The van der Waals surface area contributed by atoms with Gasteiger partial charge in [0, 0.05) is 18.9 Å². The zero-order valence-electron chi connectivity index (χ0n) is 9.02. The van der Waals surface area contributed by atoms with Crippen molar-refractivity contribution >= 4 is 0 Å². The second kappa shape index (κ2) is 4.65. The number of aromatic nitrogens is 1. The van der Waals surface area contributed by atoms with Gasteiger partial charge in [-0.25, -0.2) is 0 Å². The molecule has 78 valence electrons. The molecule has 0 bridgehead atoms. The summed E-state index contributed by atoms with van der Waals surface area (Å²) in [5, 5.41) is 0. The number of hydrogen-bond donors (Lipinski definition) is 0. The summed E-state index contributed by atoms with van der Waals surface area (Å²) in [5.41, 5.74) is 0. The summed E-state index contributed by atoms with van der Waals surface area (Å²) in [5.74, 6) is 0.894. The number of nitrogens with zero attached hydrogens (tertiary/aromatic N) is 2. The van der Waals surface area contributed by atoms with E-state index in [0.29, 0.717) is 0 Å². The van der Waals surface area contributed by atoms with Gasteiger partial charge >= 0.3 is 0 Å². The molecule has 2 heteroatoms. The molecule has 1 aliphatic rings. The Labute approximate surface area is 86.5 Å². The third-order valence-corrected chi connectivity index (χ3v) is 3.29. The lowest BCUT2D eigenvalue weighted by Crippen LogP contribution is -2.34. The van der Waals surface area contributed by atoms with Crippen molar-refractivity contribution in [2.45, 2.75) is 26.3 Å². The molecule has 1 fully saturated rings. The zero-order chi connectivity index (χ0) is 9.80. The Morgan fingerprint density at radius 2 is 1.79 bits per heavy atom. The molecule has 0 aromatic carbocycles. The summed E-state index contributed by atoms with van der Waals surface area (Å²) in [4.78, 5) is 2.55.